The molecule has 1 aliphatic carbocycles. The zero-order valence-corrected chi connectivity index (χ0v) is 10.9. The lowest BCUT2D eigenvalue weighted by Gasteiger charge is -2.24. The molecule has 1 heterocycles. The Hall–Kier alpha value is -0.120. The molecule has 3 atom stereocenters. The van der Waals surface area contributed by atoms with Crippen molar-refractivity contribution in [3.63, 3.8) is 0 Å². The average molecular weight is 226 g/mol. The van der Waals surface area contributed by atoms with Gasteiger partial charge in [-0.25, -0.2) is 0 Å². The maximum atomic E-state index is 9.96. The summed E-state index contributed by atoms with van der Waals surface area (Å²) in [5.74, 6) is 0. The maximum absolute atomic E-state index is 9.96. The third-order valence-corrected chi connectivity index (χ3v) is 4.17. The lowest BCUT2D eigenvalue weighted by Crippen LogP contribution is -2.43. The Morgan fingerprint density at radius 3 is 2.69 bits per heavy atom. The van der Waals surface area contributed by atoms with Gasteiger partial charge in [0, 0.05) is 31.2 Å². The lowest BCUT2D eigenvalue weighted by atomic mass is 10.0. The predicted octanol–water partition coefficient (Wildman–Crippen LogP) is 1.36. The van der Waals surface area contributed by atoms with E-state index < -0.39 is 5.60 Å². The highest BCUT2D eigenvalue weighted by molar-refractivity contribution is 4.96. The Balaban J connectivity index is 1.75. The second kappa shape index (κ2) is 4.63. The Bertz CT molecular complexity index is 238. The van der Waals surface area contributed by atoms with E-state index >= 15 is 0 Å². The molecule has 0 aromatic rings. The molecule has 3 heteroatoms. The summed E-state index contributed by atoms with van der Waals surface area (Å²) in [6.45, 7) is 8.18. The molecule has 1 saturated carbocycles. The number of aliphatic hydroxyl groups is 1. The summed E-state index contributed by atoms with van der Waals surface area (Å²) in [6, 6.07) is 2.17. The van der Waals surface area contributed by atoms with Gasteiger partial charge in [-0.05, 0) is 39.5 Å². The summed E-state index contributed by atoms with van der Waals surface area (Å²) in [7, 11) is 0. The van der Waals surface area contributed by atoms with Crippen molar-refractivity contribution in [1.29, 1.82) is 0 Å². The van der Waals surface area contributed by atoms with Gasteiger partial charge < -0.3 is 10.4 Å². The summed E-state index contributed by atoms with van der Waals surface area (Å²) in [4.78, 5) is 2.64. The van der Waals surface area contributed by atoms with Gasteiger partial charge in [0.05, 0.1) is 5.60 Å². The standard InChI is InChI=1S/C13H26N2O/c1-4-13(3,16)9-14-11-7-10(2)15(8-11)12-5-6-12/h10-12,14,16H,4-9H2,1-3H3. The molecule has 1 aliphatic heterocycles. The summed E-state index contributed by atoms with van der Waals surface area (Å²) >= 11 is 0. The molecule has 0 spiro atoms. The first-order chi connectivity index (χ1) is 7.52. The van der Waals surface area contributed by atoms with Crippen molar-refractivity contribution in [3.8, 4) is 0 Å². The van der Waals surface area contributed by atoms with Gasteiger partial charge in [-0.15, -0.1) is 0 Å². The van der Waals surface area contributed by atoms with Crippen molar-refractivity contribution < 1.29 is 5.11 Å². The number of hydrogen-bond acceptors (Lipinski definition) is 3. The predicted molar refractivity (Wildman–Crippen MR) is 66.5 cm³/mol. The number of likely N-dealkylation sites (tertiary alicyclic amines) is 1. The highest BCUT2D eigenvalue weighted by Crippen LogP contribution is 2.33. The molecule has 2 rings (SSSR count). The van der Waals surface area contributed by atoms with Crippen LogP contribution < -0.4 is 5.32 Å². The molecule has 94 valence electrons. The minimum absolute atomic E-state index is 0.545. The minimum atomic E-state index is -0.545. The van der Waals surface area contributed by atoms with E-state index in [2.05, 4.69) is 17.1 Å². The number of nitrogens with one attached hydrogen (secondary N) is 1. The number of hydrogen-bond donors (Lipinski definition) is 2. The molecule has 3 unspecified atom stereocenters. The van der Waals surface area contributed by atoms with E-state index in [4.69, 9.17) is 0 Å². The molecule has 0 aromatic heterocycles. The molecular formula is C13H26N2O. The molecule has 3 nitrogen and oxygen atoms in total. The fraction of sp³-hybridized carbons (Fsp3) is 1.00. The van der Waals surface area contributed by atoms with E-state index in [0.29, 0.717) is 6.04 Å². The average Bonchev–Trinajstić information content (AvgIpc) is 3.01. The largest absolute Gasteiger partial charge is 0.389 e. The van der Waals surface area contributed by atoms with E-state index in [0.717, 1.165) is 25.0 Å². The highest BCUT2D eigenvalue weighted by atomic mass is 16.3. The van der Waals surface area contributed by atoms with Crippen LogP contribution in [0.2, 0.25) is 0 Å². The first-order valence-corrected chi connectivity index (χ1v) is 6.73. The van der Waals surface area contributed by atoms with Crippen molar-refractivity contribution in [1.82, 2.24) is 10.2 Å². The second-order valence-electron chi connectivity index (χ2n) is 5.94. The first kappa shape index (κ1) is 12.3. The molecule has 1 saturated heterocycles. The molecule has 2 fully saturated rings. The Morgan fingerprint density at radius 1 is 1.44 bits per heavy atom. The van der Waals surface area contributed by atoms with E-state index in [1.807, 2.05) is 13.8 Å². The fourth-order valence-corrected chi connectivity index (χ4v) is 2.61. The van der Waals surface area contributed by atoms with Crippen LogP contribution in [0.5, 0.6) is 0 Å². The van der Waals surface area contributed by atoms with Crippen LogP contribution in [0.3, 0.4) is 0 Å². The Kier molecular flexibility index (Phi) is 3.57. The zero-order valence-electron chi connectivity index (χ0n) is 10.9. The third-order valence-electron chi connectivity index (χ3n) is 4.17. The van der Waals surface area contributed by atoms with Gasteiger partial charge in [0.2, 0.25) is 0 Å². The number of rotatable bonds is 5. The van der Waals surface area contributed by atoms with Crippen molar-refractivity contribution in [2.45, 2.75) is 70.2 Å². The van der Waals surface area contributed by atoms with Crippen LogP contribution in [0.25, 0.3) is 0 Å². The maximum Gasteiger partial charge on any atom is 0.0741 e. The van der Waals surface area contributed by atoms with E-state index in [-0.39, 0.29) is 0 Å². The monoisotopic (exact) mass is 226 g/mol. The van der Waals surface area contributed by atoms with Gasteiger partial charge in [-0.3, -0.25) is 4.90 Å². The quantitative estimate of drug-likeness (QED) is 0.743. The molecular weight excluding hydrogens is 200 g/mol. The Morgan fingerprint density at radius 2 is 2.12 bits per heavy atom. The van der Waals surface area contributed by atoms with Crippen LogP contribution in [0, 0.1) is 0 Å². The van der Waals surface area contributed by atoms with E-state index in [9.17, 15) is 5.11 Å². The van der Waals surface area contributed by atoms with Crippen LogP contribution >= 0.6 is 0 Å². The van der Waals surface area contributed by atoms with Crippen LogP contribution in [-0.2, 0) is 0 Å². The normalized spacial score (nSPS) is 35.2. The van der Waals surface area contributed by atoms with Crippen molar-refractivity contribution in [2.24, 2.45) is 0 Å². The summed E-state index contributed by atoms with van der Waals surface area (Å²) in [5.41, 5.74) is -0.545. The topological polar surface area (TPSA) is 35.5 Å². The molecule has 0 radical (unpaired) electrons. The van der Waals surface area contributed by atoms with Gasteiger partial charge in [0.1, 0.15) is 0 Å². The molecule has 0 aromatic carbocycles. The van der Waals surface area contributed by atoms with Crippen molar-refractivity contribution in [3.05, 3.63) is 0 Å². The van der Waals surface area contributed by atoms with Gasteiger partial charge in [0.25, 0.3) is 0 Å². The molecule has 16 heavy (non-hydrogen) atoms. The van der Waals surface area contributed by atoms with E-state index in [1.165, 1.54) is 25.8 Å². The SMILES string of the molecule is CCC(C)(O)CNC1CC(C)N(C2CC2)C1. The van der Waals surface area contributed by atoms with Gasteiger partial charge in [-0.2, -0.15) is 0 Å². The molecule has 0 amide bonds. The fourth-order valence-electron chi connectivity index (χ4n) is 2.61. The summed E-state index contributed by atoms with van der Waals surface area (Å²) in [5, 5.41) is 13.5. The van der Waals surface area contributed by atoms with Crippen LogP contribution in [-0.4, -0.2) is 46.8 Å². The zero-order chi connectivity index (χ0) is 11.8. The number of nitrogens with zero attached hydrogens (tertiary/aromatic N) is 1. The first-order valence-electron chi connectivity index (χ1n) is 6.73. The van der Waals surface area contributed by atoms with Crippen LogP contribution in [0.1, 0.15) is 46.5 Å². The summed E-state index contributed by atoms with van der Waals surface area (Å²) in [6.07, 6.45) is 4.83. The highest BCUT2D eigenvalue weighted by Gasteiger charge is 2.38. The van der Waals surface area contributed by atoms with Gasteiger partial charge in [-0.1, -0.05) is 6.92 Å². The van der Waals surface area contributed by atoms with Crippen molar-refractivity contribution >= 4 is 0 Å². The summed E-state index contributed by atoms with van der Waals surface area (Å²) < 4.78 is 0. The van der Waals surface area contributed by atoms with Crippen LogP contribution in [0.4, 0.5) is 0 Å². The van der Waals surface area contributed by atoms with Crippen molar-refractivity contribution in [2.75, 3.05) is 13.1 Å². The Labute approximate surface area is 99.2 Å². The van der Waals surface area contributed by atoms with Crippen LogP contribution in [0.15, 0.2) is 0 Å². The van der Waals surface area contributed by atoms with Gasteiger partial charge in [0.15, 0.2) is 0 Å². The third kappa shape index (κ3) is 2.96. The van der Waals surface area contributed by atoms with E-state index in [1.54, 1.807) is 0 Å². The minimum Gasteiger partial charge on any atom is -0.389 e. The lowest BCUT2D eigenvalue weighted by molar-refractivity contribution is 0.0530. The van der Waals surface area contributed by atoms with Gasteiger partial charge >= 0.3 is 0 Å². The molecule has 0 bridgehead atoms. The molecule has 2 aliphatic rings. The smallest absolute Gasteiger partial charge is 0.0741 e. The molecule has 2 N–H and O–H groups in total. The second-order valence-corrected chi connectivity index (χ2v) is 5.94.